The Hall–Kier alpha value is -5.07. The largest absolute Gasteiger partial charge is 0.462 e. The summed E-state index contributed by atoms with van der Waals surface area (Å²) in [4.78, 5) is 64.4. The molecule has 3 aromatic rings. The van der Waals surface area contributed by atoms with Gasteiger partial charge in [-0.1, -0.05) is 18.2 Å². The number of alkyl carbamates (subject to hydrolysis) is 1. The number of nitrogens with one attached hydrogen (secondary N) is 5. The van der Waals surface area contributed by atoms with E-state index < -0.39 is 48.2 Å². The van der Waals surface area contributed by atoms with Crippen LogP contribution in [0.15, 0.2) is 54.7 Å². The minimum Gasteiger partial charge on any atom is -0.462 e. The molecule has 1 heterocycles. The van der Waals surface area contributed by atoms with E-state index in [9.17, 15) is 24.0 Å². The van der Waals surface area contributed by atoms with Gasteiger partial charge in [0.05, 0.1) is 12.2 Å². The van der Waals surface area contributed by atoms with E-state index in [-0.39, 0.29) is 13.0 Å². The molecule has 218 valence electrons. The van der Waals surface area contributed by atoms with Crippen molar-refractivity contribution in [3.8, 4) is 0 Å². The van der Waals surface area contributed by atoms with Crippen molar-refractivity contribution >= 4 is 46.6 Å². The molecule has 0 saturated carbocycles. The number of fused-ring (bicyclic) bond motifs is 1. The van der Waals surface area contributed by atoms with Gasteiger partial charge in [0, 0.05) is 29.2 Å². The molecule has 1 atom stereocenters. The second kappa shape index (κ2) is 13.8. The van der Waals surface area contributed by atoms with Crippen molar-refractivity contribution in [2.75, 3.05) is 18.5 Å². The van der Waals surface area contributed by atoms with Crippen LogP contribution < -0.4 is 21.5 Å². The van der Waals surface area contributed by atoms with Gasteiger partial charge < -0.3 is 29.8 Å². The Morgan fingerprint density at radius 2 is 1.61 bits per heavy atom. The fourth-order valence-corrected chi connectivity index (χ4v) is 3.65. The number of carbonyl (C=O) groups is 5. The van der Waals surface area contributed by atoms with Gasteiger partial charge in [0.15, 0.2) is 6.61 Å². The zero-order chi connectivity index (χ0) is 30.0. The Kier molecular flexibility index (Phi) is 10.3. The SMILES string of the molecule is CCOC(=O)c1ccc(NC(=O)COC(=O)NNC(=O)[C@H](Cc2c[nH]c3ccccc23)NC(=O)OC(C)(C)C)cc1. The molecule has 0 spiro atoms. The summed E-state index contributed by atoms with van der Waals surface area (Å²) in [5, 5.41) is 5.90. The number of aromatic amines is 1. The Balaban J connectivity index is 1.53. The monoisotopic (exact) mass is 567 g/mol. The predicted octanol–water partition coefficient (Wildman–Crippen LogP) is 3.18. The second-order valence-electron chi connectivity index (χ2n) is 9.80. The van der Waals surface area contributed by atoms with Crippen molar-refractivity contribution in [1.82, 2.24) is 21.2 Å². The summed E-state index contributed by atoms with van der Waals surface area (Å²) in [6, 6.07) is 12.3. The first kappa shape index (κ1) is 30.5. The Bertz CT molecular complexity index is 1390. The summed E-state index contributed by atoms with van der Waals surface area (Å²) in [6.45, 7) is 6.34. The van der Waals surface area contributed by atoms with Crippen LogP contribution in [0.5, 0.6) is 0 Å². The number of rotatable bonds is 9. The molecule has 0 aliphatic rings. The number of benzene rings is 2. The lowest BCUT2D eigenvalue weighted by Crippen LogP contribution is -2.54. The number of anilines is 1. The molecule has 0 bridgehead atoms. The molecule has 0 fully saturated rings. The quantitative estimate of drug-likeness (QED) is 0.149. The number of carbonyl (C=O) groups excluding carboxylic acids is 5. The molecule has 41 heavy (non-hydrogen) atoms. The van der Waals surface area contributed by atoms with Gasteiger partial charge in [-0.3, -0.25) is 15.0 Å². The highest BCUT2D eigenvalue weighted by atomic mass is 16.6. The maximum atomic E-state index is 12.9. The smallest absolute Gasteiger partial charge is 0.426 e. The van der Waals surface area contributed by atoms with Crippen LogP contribution in [0.2, 0.25) is 0 Å². The molecule has 2 aromatic carbocycles. The lowest BCUT2D eigenvalue weighted by molar-refractivity contribution is -0.124. The minimum absolute atomic E-state index is 0.0865. The highest BCUT2D eigenvalue weighted by Gasteiger charge is 2.26. The van der Waals surface area contributed by atoms with E-state index in [4.69, 9.17) is 14.2 Å². The normalized spacial score (nSPS) is 11.6. The summed E-state index contributed by atoms with van der Waals surface area (Å²) in [5.41, 5.74) is 5.76. The van der Waals surface area contributed by atoms with E-state index in [0.29, 0.717) is 11.3 Å². The fourth-order valence-electron chi connectivity index (χ4n) is 3.65. The molecule has 5 N–H and O–H groups in total. The second-order valence-corrected chi connectivity index (χ2v) is 9.80. The van der Waals surface area contributed by atoms with E-state index in [0.717, 1.165) is 16.5 Å². The molecular weight excluding hydrogens is 534 g/mol. The molecular formula is C28H33N5O8. The van der Waals surface area contributed by atoms with Gasteiger partial charge in [-0.2, -0.15) is 0 Å². The van der Waals surface area contributed by atoms with Crippen molar-refractivity contribution in [2.24, 2.45) is 0 Å². The first-order valence-corrected chi connectivity index (χ1v) is 12.8. The van der Waals surface area contributed by atoms with E-state index in [2.05, 4.69) is 26.5 Å². The molecule has 13 heteroatoms. The number of H-pyrrole nitrogens is 1. The zero-order valence-electron chi connectivity index (χ0n) is 23.2. The lowest BCUT2D eigenvalue weighted by atomic mass is 10.0. The summed E-state index contributed by atoms with van der Waals surface area (Å²) >= 11 is 0. The topological polar surface area (TPSA) is 177 Å². The van der Waals surface area contributed by atoms with Crippen molar-refractivity contribution in [2.45, 2.75) is 45.8 Å². The summed E-state index contributed by atoms with van der Waals surface area (Å²) in [7, 11) is 0. The third-order valence-corrected chi connectivity index (χ3v) is 5.41. The lowest BCUT2D eigenvalue weighted by Gasteiger charge is -2.23. The Morgan fingerprint density at radius 1 is 0.902 bits per heavy atom. The number of esters is 1. The molecule has 0 radical (unpaired) electrons. The summed E-state index contributed by atoms with van der Waals surface area (Å²) in [6.07, 6.45) is -0.100. The van der Waals surface area contributed by atoms with E-state index in [1.807, 2.05) is 24.3 Å². The van der Waals surface area contributed by atoms with Crippen LogP contribution in [0.1, 0.15) is 43.6 Å². The molecule has 3 rings (SSSR count). The molecule has 1 aromatic heterocycles. The number of aromatic nitrogens is 1. The third kappa shape index (κ3) is 9.56. The summed E-state index contributed by atoms with van der Waals surface area (Å²) in [5.74, 6) is -1.89. The maximum absolute atomic E-state index is 12.9. The number of hydrazine groups is 1. The zero-order valence-corrected chi connectivity index (χ0v) is 23.2. The summed E-state index contributed by atoms with van der Waals surface area (Å²) < 4.78 is 15.0. The highest BCUT2D eigenvalue weighted by molar-refractivity contribution is 5.94. The predicted molar refractivity (Wildman–Crippen MR) is 149 cm³/mol. The average Bonchev–Trinajstić information content (AvgIpc) is 3.32. The number of para-hydroxylation sites is 1. The number of amides is 4. The van der Waals surface area contributed by atoms with Crippen LogP contribution in [-0.2, 0) is 30.2 Å². The van der Waals surface area contributed by atoms with Gasteiger partial charge in [-0.15, -0.1) is 0 Å². The van der Waals surface area contributed by atoms with Gasteiger partial charge in [0.25, 0.3) is 11.8 Å². The molecule has 13 nitrogen and oxygen atoms in total. The molecule has 4 amide bonds. The van der Waals surface area contributed by atoms with Gasteiger partial charge in [-0.25, -0.2) is 19.8 Å². The minimum atomic E-state index is -1.12. The van der Waals surface area contributed by atoms with Crippen molar-refractivity contribution in [1.29, 1.82) is 0 Å². The highest BCUT2D eigenvalue weighted by Crippen LogP contribution is 2.19. The first-order chi connectivity index (χ1) is 19.4. The molecule has 0 aliphatic carbocycles. The van der Waals surface area contributed by atoms with E-state index in [1.165, 1.54) is 24.3 Å². The fraction of sp³-hybridized carbons (Fsp3) is 0.321. The average molecular weight is 568 g/mol. The standard InChI is InChI=1S/C28H33N5O8/c1-5-39-25(36)17-10-12-19(13-11-17)30-23(34)16-40-27(38)33-32-24(35)22(31-26(37)41-28(2,3)4)14-18-15-29-21-9-7-6-8-20(18)21/h6-13,15,22,29H,5,14,16H2,1-4H3,(H,30,34)(H,31,37)(H,32,35)(H,33,38)/t22-/m0/s1. The number of ether oxygens (including phenoxy) is 3. The van der Waals surface area contributed by atoms with Gasteiger partial charge in [-0.05, 0) is 63.6 Å². The van der Waals surface area contributed by atoms with Crippen LogP contribution in [0.4, 0.5) is 15.3 Å². The van der Waals surface area contributed by atoms with Crippen LogP contribution in [0.3, 0.4) is 0 Å². The van der Waals surface area contributed by atoms with E-state index >= 15 is 0 Å². The molecule has 0 aliphatic heterocycles. The van der Waals surface area contributed by atoms with Crippen LogP contribution in [0.25, 0.3) is 10.9 Å². The van der Waals surface area contributed by atoms with Gasteiger partial charge >= 0.3 is 18.2 Å². The molecule has 0 unspecified atom stereocenters. The van der Waals surface area contributed by atoms with Crippen LogP contribution in [0, 0.1) is 0 Å². The molecule has 0 saturated heterocycles. The van der Waals surface area contributed by atoms with Gasteiger partial charge in [0.1, 0.15) is 11.6 Å². The number of hydrogen-bond donors (Lipinski definition) is 5. The van der Waals surface area contributed by atoms with Gasteiger partial charge in [0.2, 0.25) is 0 Å². The third-order valence-electron chi connectivity index (χ3n) is 5.41. The Labute approximate surface area is 236 Å². The maximum Gasteiger partial charge on any atom is 0.426 e. The van der Waals surface area contributed by atoms with E-state index in [1.54, 1.807) is 33.9 Å². The first-order valence-electron chi connectivity index (χ1n) is 12.8. The Morgan fingerprint density at radius 3 is 2.29 bits per heavy atom. The van der Waals surface area contributed by atoms with Crippen molar-refractivity contribution < 1.29 is 38.2 Å². The van der Waals surface area contributed by atoms with Crippen LogP contribution in [-0.4, -0.2) is 59.8 Å². The number of hydrogen-bond acceptors (Lipinski definition) is 8. The van der Waals surface area contributed by atoms with Crippen molar-refractivity contribution in [3.63, 3.8) is 0 Å². The van der Waals surface area contributed by atoms with Crippen LogP contribution >= 0.6 is 0 Å². The van der Waals surface area contributed by atoms with Crippen molar-refractivity contribution in [3.05, 3.63) is 65.9 Å².